The van der Waals surface area contributed by atoms with E-state index in [9.17, 15) is 0 Å². The van der Waals surface area contributed by atoms with Crippen molar-refractivity contribution in [2.75, 3.05) is 14.2 Å². The van der Waals surface area contributed by atoms with Crippen LogP contribution in [0, 0.1) is 0 Å². The molecule has 1 aromatic carbocycles. The first-order valence-corrected chi connectivity index (χ1v) is 8.84. The van der Waals surface area contributed by atoms with Gasteiger partial charge in [0.05, 0.1) is 18.0 Å². The Bertz CT molecular complexity index is 596. The zero-order chi connectivity index (χ0) is 15.4. The van der Waals surface area contributed by atoms with Crippen molar-refractivity contribution >= 4 is 43.2 Å². The zero-order valence-corrected chi connectivity index (χ0v) is 16.1. The van der Waals surface area contributed by atoms with Crippen LogP contribution in [0.3, 0.4) is 0 Å². The number of nitrogens with one attached hydrogen (secondary N) is 1. The molecule has 0 bridgehead atoms. The average molecular weight is 435 g/mol. The van der Waals surface area contributed by atoms with E-state index in [0.717, 1.165) is 26.3 Å². The number of hydrogen-bond acceptors (Lipinski definition) is 4. The van der Waals surface area contributed by atoms with Crippen LogP contribution < -0.4 is 14.8 Å². The number of methoxy groups -OCH3 is 2. The van der Waals surface area contributed by atoms with E-state index in [1.165, 1.54) is 10.4 Å². The van der Waals surface area contributed by atoms with E-state index in [0.29, 0.717) is 0 Å². The second-order valence-corrected chi connectivity index (χ2v) is 7.86. The monoisotopic (exact) mass is 433 g/mol. The van der Waals surface area contributed by atoms with Gasteiger partial charge in [0.2, 0.25) is 0 Å². The van der Waals surface area contributed by atoms with Crippen LogP contribution >= 0.6 is 43.2 Å². The first-order valence-electron chi connectivity index (χ1n) is 6.44. The second kappa shape index (κ2) is 7.63. The molecule has 0 saturated heterocycles. The molecule has 1 aromatic heterocycles. The molecule has 1 atom stereocenters. The summed E-state index contributed by atoms with van der Waals surface area (Å²) in [6.07, 6.45) is 0. The standard InChI is InChI=1S/C15H17Br2NO2S/c1-9(18-8-11-7-12(16)15(17)21-11)10-4-5-13(19-2)14(6-10)20-3/h4-7,9,18H,8H2,1-3H3. The molecule has 0 aliphatic heterocycles. The topological polar surface area (TPSA) is 30.5 Å². The Kier molecular flexibility index (Phi) is 6.10. The van der Waals surface area contributed by atoms with E-state index >= 15 is 0 Å². The van der Waals surface area contributed by atoms with Crippen LogP contribution in [-0.4, -0.2) is 14.2 Å². The Morgan fingerprint density at radius 2 is 1.86 bits per heavy atom. The van der Waals surface area contributed by atoms with Gasteiger partial charge in [-0.15, -0.1) is 11.3 Å². The number of benzene rings is 1. The van der Waals surface area contributed by atoms with E-state index < -0.39 is 0 Å². The van der Waals surface area contributed by atoms with Gasteiger partial charge in [-0.3, -0.25) is 0 Å². The maximum Gasteiger partial charge on any atom is 0.161 e. The third-order valence-electron chi connectivity index (χ3n) is 3.19. The molecule has 0 amide bonds. The second-order valence-electron chi connectivity index (χ2n) is 4.55. The number of hydrogen-bond donors (Lipinski definition) is 1. The molecule has 21 heavy (non-hydrogen) atoms. The summed E-state index contributed by atoms with van der Waals surface area (Å²) in [4.78, 5) is 1.28. The Balaban J connectivity index is 2.04. The molecule has 0 aliphatic rings. The van der Waals surface area contributed by atoms with Crippen LogP contribution in [0.15, 0.2) is 32.5 Å². The van der Waals surface area contributed by atoms with Gasteiger partial charge in [0.1, 0.15) is 0 Å². The van der Waals surface area contributed by atoms with Crippen molar-refractivity contribution in [3.8, 4) is 11.5 Å². The Morgan fingerprint density at radius 1 is 1.14 bits per heavy atom. The van der Waals surface area contributed by atoms with Gasteiger partial charge >= 0.3 is 0 Å². The SMILES string of the molecule is COc1ccc(C(C)NCc2cc(Br)c(Br)s2)cc1OC. The minimum absolute atomic E-state index is 0.226. The molecule has 3 nitrogen and oxygen atoms in total. The summed E-state index contributed by atoms with van der Waals surface area (Å²) in [5, 5.41) is 3.52. The fourth-order valence-electron chi connectivity index (χ4n) is 1.97. The van der Waals surface area contributed by atoms with Crippen LogP contribution in [0.25, 0.3) is 0 Å². The maximum absolute atomic E-state index is 5.35. The fourth-order valence-corrected chi connectivity index (χ4v) is 4.10. The Labute approximate surface area is 145 Å². The van der Waals surface area contributed by atoms with E-state index in [-0.39, 0.29) is 6.04 Å². The van der Waals surface area contributed by atoms with Crippen molar-refractivity contribution in [1.82, 2.24) is 5.32 Å². The predicted octanol–water partition coefficient (Wildman–Crippen LogP) is 5.14. The lowest BCUT2D eigenvalue weighted by Crippen LogP contribution is -2.17. The Hall–Kier alpha value is -0.560. The maximum atomic E-state index is 5.35. The molecule has 0 fully saturated rings. The predicted molar refractivity (Wildman–Crippen MR) is 94.5 cm³/mol. The minimum atomic E-state index is 0.226. The Morgan fingerprint density at radius 3 is 2.43 bits per heavy atom. The highest BCUT2D eigenvalue weighted by Gasteiger charge is 2.11. The average Bonchev–Trinajstić information content (AvgIpc) is 2.82. The summed E-state index contributed by atoms with van der Waals surface area (Å²) in [7, 11) is 3.30. The lowest BCUT2D eigenvalue weighted by atomic mass is 10.1. The zero-order valence-electron chi connectivity index (χ0n) is 12.1. The number of halogens is 2. The van der Waals surface area contributed by atoms with Crippen LogP contribution in [0.1, 0.15) is 23.4 Å². The highest BCUT2D eigenvalue weighted by Crippen LogP contribution is 2.33. The van der Waals surface area contributed by atoms with Crippen molar-refractivity contribution < 1.29 is 9.47 Å². The molecule has 0 aliphatic carbocycles. The van der Waals surface area contributed by atoms with Crippen molar-refractivity contribution in [3.05, 3.63) is 43.0 Å². The third kappa shape index (κ3) is 4.22. The molecule has 1 N–H and O–H groups in total. The molecule has 0 spiro atoms. The van der Waals surface area contributed by atoms with Crippen LogP contribution in [0.5, 0.6) is 11.5 Å². The minimum Gasteiger partial charge on any atom is -0.493 e. The fraction of sp³-hybridized carbons (Fsp3) is 0.333. The van der Waals surface area contributed by atoms with Gasteiger partial charge in [0.25, 0.3) is 0 Å². The van der Waals surface area contributed by atoms with Crippen molar-refractivity contribution in [3.63, 3.8) is 0 Å². The van der Waals surface area contributed by atoms with Gasteiger partial charge in [0, 0.05) is 21.9 Å². The number of thiophene rings is 1. The van der Waals surface area contributed by atoms with Crippen molar-refractivity contribution in [2.24, 2.45) is 0 Å². The van der Waals surface area contributed by atoms with E-state index in [2.05, 4.69) is 56.2 Å². The quantitative estimate of drug-likeness (QED) is 0.682. The molecule has 0 saturated carbocycles. The summed E-state index contributed by atoms with van der Waals surface area (Å²) < 4.78 is 12.8. The normalized spacial score (nSPS) is 12.2. The molecular formula is C15H17Br2NO2S. The van der Waals surface area contributed by atoms with Gasteiger partial charge in [-0.2, -0.15) is 0 Å². The van der Waals surface area contributed by atoms with E-state index in [1.54, 1.807) is 25.6 Å². The molecule has 2 rings (SSSR count). The molecule has 0 radical (unpaired) electrons. The summed E-state index contributed by atoms with van der Waals surface area (Å²) >= 11 is 8.75. The summed E-state index contributed by atoms with van der Waals surface area (Å²) in [6.45, 7) is 2.96. The van der Waals surface area contributed by atoms with E-state index in [4.69, 9.17) is 9.47 Å². The third-order valence-corrected chi connectivity index (χ3v) is 6.44. The molecular weight excluding hydrogens is 418 g/mol. The molecule has 1 heterocycles. The summed E-state index contributed by atoms with van der Waals surface area (Å²) in [6, 6.07) is 8.36. The molecule has 6 heteroatoms. The van der Waals surface area contributed by atoms with Gasteiger partial charge in [0.15, 0.2) is 11.5 Å². The molecule has 1 unspecified atom stereocenters. The van der Waals surface area contributed by atoms with E-state index in [1.807, 2.05) is 12.1 Å². The lowest BCUT2D eigenvalue weighted by molar-refractivity contribution is 0.354. The van der Waals surface area contributed by atoms with Crippen LogP contribution in [0.2, 0.25) is 0 Å². The van der Waals surface area contributed by atoms with Gasteiger partial charge in [-0.05, 0) is 62.5 Å². The van der Waals surface area contributed by atoms with Gasteiger partial charge in [-0.1, -0.05) is 6.07 Å². The number of ether oxygens (including phenoxy) is 2. The van der Waals surface area contributed by atoms with Crippen LogP contribution in [-0.2, 0) is 6.54 Å². The van der Waals surface area contributed by atoms with Gasteiger partial charge in [-0.25, -0.2) is 0 Å². The first kappa shape index (κ1) is 16.8. The number of rotatable bonds is 6. The lowest BCUT2D eigenvalue weighted by Gasteiger charge is -2.16. The smallest absolute Gasteiger partial charge is 0.161 e. The molecule has 2 aromatic rings. The summed E-state index contributed by atoms with van der Waals surface area (Å²) in [5.41, 5.74) is 1.17. The first-order chi connectivity index (χ1) is 10.0. The van der Waals surface area contributed by atoms with Crippen molar-refractivity contribution in [1.29, 1.82) is 0 Å². The highest BCUT2D eigenvalue weighted by atomic mass is 79.9. The largest absolute Gasteiger partial charge is 0.493 e. The van der Waals surface area contributed by atoms with Crippen LogP contribution in [0.4, 0.5) is 0 Å². The summed E-state index contributed by atoms with van der Waals surface area (Å²) in [5.74, 6) is 1.50. The highest BCUT2D eigenvalue weighted by molar-refractivity contribution is 9.13. The molecule has 114 valence electrons. The van der Waals surface area contributed by atoms with Gasteiger partial charge < -0.3 is 14.8 Å². The van der Waals surface area contributed by atoms with Crippen molar-refractivity contribution in [2.45, 2.75) is 19.5 Å².